The molecule has 198 valence electrons. The molecule has 0 amide bonds. The molecule has 0 aliphatic heterocycles. The molecule has 0 spiro atoms. The molecule has 0 fully saturated rings. The van der Waals surface area contributed by atoms with E-state index in [9.17, 15) is 30.2 Å². The lowest BCUT2D eigenvalue weighted by Crippen LogP contribution is -2.16. The summed E-state index contributed by atoms with van der Waals surface area (Å²) in [4.78, 5) is -0.0109. The van der Waals surface area contributed by atoms with E-state index >= 15 is 0 Å². The van der Waals surface area contributed by atoms with Gasteiger partial charge in [-0.05, 0) is 71.8 Å². The fourth-order valence-corrected chi connectivity index (χ4v) is 6.00. The maximum Gasteiger partial charge on any atom is 0.243 e. The molecule has 38 heavy (non-hydrogen) atoms. The number of sulfonamides is 2. The average Bonchev–Trinajstić information content (AvgIpc) is 2.88. The van der Waals surface area contributed by atoms with Gasteiger partial charge < -0.3 is 4.55 Å². The predicted octanol–water partition coefficient (Wildman–Crippen LogP) is 4.28. The predicted molar refractivity (Wildman–Crippen MR) is 142 cm³/mol. The normalized spacial score (nSPS) is 12.6. The van der Waals surface area contributed by atoms with Gasteiger partial charge in [0.1, 0.15) is 21.4 Å². The molecule has 4 N–H and O–H groups in total. The van der Waals surface area contributed by atoms with Crippen LogP contribution in [0.4, 0.5) is 8.78 Å². The first-order valence-corrected chi connectivity index (χ1v) is 14.9. The summed E-state index contributed by atoms with van der Waals surface area (Å²) in [6, 6.07) is 23.9. The number of hydrogen-bond acceptors (Lipinski definition) is 5. The lowest BCUT2D eigenvalue weighted by Gasteiger charge is -2.12. The molecule has 4 aromatic carbocycles. The maximum absolute atomic E-state index is 12.9. The van der Waals surface area contributed by atoms with Crippen LogP contribution in [0.2, 0.25) is 0 Å². The van der Waals surface area contributed by atoms with Crippen LogP contribution >= 0.6 is 0 Å². The van der Waals surface area contributed by atoms with Crippen molar-refractivity contribution in [2.24, 2.45) is 10.3 Å². The molecule has 0 heterocycles. The van der Waals surface area contributed by atoms with Crippen LogP contribution in [0.3, 0.4) is 0 Å². The van der Waals surface area contributed by atoms with Gasteiger partial charge in [0.25, 0.3) is 0 Å². The third-order valence-corrected chi connectivity index (χ3v) is 8.43. The van der Waals surface area contributed by atoms with Gasteiger partial charge in [-0.2, -0.15) is 0 Å². The van der Waals surface area contributed by atoms with E-state index in [2.05, 4.69) is 5.14 Å². The topological polar surface area (TPSA) is 143 Å². The zero-order chi connectivity index (χ0) is 27.9. The van der Waals surface area contributed by atoms with Crippen LogP contribution in [0, 0.1) is 11.6 Å². The first-order chi connectivity index (χ1) is 17.9. The van der Waals surface area contributed by atoms with E-state index < -0.39 is 41.9 Å². The highest BCUT2D eigenvalue weighted by Crippen LogP contribution is 2.27. The Labute approximate surface area is 222 Å². The van der Waals surface area contributed by atoms with Gasteiger partial charge in [-0.25, -0.2) is 35.9 Å². The van der Waals surface area contributed by atoms with Crippen LogP contribution in [-0.2, 0) is 31.2 Å². The van der Waals surface area contributed by atoms with Crippen LogP contribution < -0.4 is 10.3 Å². The van der Waals surface area contributed by atoms with Gasteiger partial charge in [0.2, 0.25) is 20.0 Å². The monoisotopic (exact) mass is 576 g/mol. The second kappa shape index (κ2) is 12.4. The van der Waals surface area contributed by atoms with Gasteiger partial charge in [-0.1, -0.05) is 48.6 Å². The van der Waals surface area contributed by atoms with E-state index in [-0.39, 0.29) is 15.6 Å². The van der Waals surface area contributed by atoms with Crippen molar-refractivity contribution in [3.8, 4) is 0 Å². The zero-order valence-corrected chi connectivity index (χ0v) is 22.0. The maximum atomic E-state index is 12.9. The Kier molecular flexibility index (Phi) is 9.55. The molecule has 0 aromatic heterocycles. The number of rotatable bonds is 6. The van der Waals surface area contributed by atoms with Crippen molar-refractivity contribution in [2.45, 2.75) is 19.6 Å². The standard InChI is InChI=1S/C20H16FNO3S2.C6H6FNO2S/c21-17-11-7-15(8-12-17)5-6-16-9-13-18(14-10-16)26(23)19-3-1-2-4-20(19)27(22,24)25;7-5-3-1-2-4-6(5)11(8,9)10/h1-14H,(H2,22,24,25);1-4H,(H2,8,9,10). The molecule has 0 radical (unpaired) electrons. The summed E-state index contributed by atoms with van der Waals surface area (Å²) < 4.78 is 82.9. The molecule has 0 bridgehead atoms. The van der Waals surface area contributed by atoms with Gasteiger partial charge in [0.05, 0.1) is 0 Å². The first-order valence-electron chi connectivity index (χ1n) is 10.7. The quantitative estimate of drug-likeness (QED) is 0.260. The van der Waals surface area contributed by atoms with Crippen molar-refractivity contribution in [3.63, 3.8) is 0 Å². The molecule has 0 saturated carbocycles. The number of primary sulfonamides is 2. The molecule has 0 aliphatic rings. The minimum atomic E-state index is -3.97. The molecule has 0 saturated heterocycles. The molecule has 1 unspecified atom stereocenters. The fourth-order valence-electron chi connectivity index (χ4n) is 3.11. The van der Waals surface area contributed by atoms with Crippen molar-refractivity contribution in [1.82, 2.24) is 0 Å². The van der Waals surface area contributed by atoms with Crippen molar-refractivity contribution < 1.29 is 30.2 Å². The molecule has 4 rings (SSSR count). The van der Waals surface area contributed by atoms with Crippen molar-refractivity contribution in [3.05, 3.63) is 120 Å². The zero-order valence-electron chi connectivity index (χ0n) is 19.6. The second-order valence-electron chi connectivity index (χ2n) is 7.69. The Hall–Kier alpha value is -3.39. The van der Waals surface area contributed by atoms with Crippen molar-refractivity contribution in [1.29, 1.82) is 0 Å². The van der Waals surface area contributed by atoms with E-state index in [1.165, 1.54) is 42.5 Å². The third-order valence-electron chi connectivity index (χ3n) is 4.93. The molecular weight excluding hydrogens is 554 g/mol. The largest absolute Gasteiger partial charge is 0.606 e. The van der Waals surface area contributed by atoms with Gasteiger partial charge >= 0.3 is 0 Å². The van der Waals surface area contributed by atoms with E-state index in [4.69, 9.17) is 5.14 Å². The second-order valence-corrected chi connectivity index (χ2v) is 12.2. The van der Waals surface area contributed by atoms with Crippen LogP contribution in [0.25, 0.3) is 12.2 Å². The average molecular weight is 577 g/mol. The summed E-state index contributed by atoms with van der Waals surface area (Å²) in [5.74, 6) is -1.12. The van der Waals surface area contributed by atoms with E-state index in [1.54, 1.807) is 42.5 Å². The Morgan fingerprint density at radius 1 is 0.632 bits per heavy atom. The highest BCUT2D eigenvalue weighted by Gasteiger charge is 2.24. The van der Waals surface area contributed by atoms with E-state index in [1.807, 2.05) is 12.2 Å². The molecule has 12 heteroatoms. The number of benzene rings is 4. The lowest BCUT2D eigenvalue weighted by molar-refractivity contribution is 0.568. The first kappa shape index (κ1) is 29.2. The molecule has 0 aliphatic carbocycles. The van der Waals surface area contributed by atoms with Crippen LogP contribution in [-0.4, -0.2) is 21.4 Å². The molecule has 7 nitrogen and oxygen atoms in total. The van der Waals surface area contributed by atoms with Gasteiger partial charge in [-0.3, -0.25) is 0 Å². The van der Waals surface area contributed by atoms with E-state index in [0.29, 0.717) is 4.90 Å². The van der Waals surface area contributed by atoms with Gasteiger partial charge in [-0.15, -0.1) is 0 Å². The fraction of sp³-hybridized carbons (Fsp3) is 0. The number of halogens is 2. The summed E-state index contributed by atoms with van der Waals surface area (Å²) in [6.07, 6.45) is 3.68. The van der Waals surface area contributed by atoms with E-state index in [0.717, 1.165) is 23.3 Å². The smallest absolute Gasteiger partial charge is 0.243 e. The Bertz CT molecular complexity index is 1640. The Balaban J connectivity index is 0.000000304. The number of nitrogens with two attached hydrogens (primary N) is 2. The summed E-state index contributed by atoms with van der Waals surface area (Å²) in [6.45, 7) is 0. The molecule has 4 aromatic rings. The number of hydrogen-bond donors (Lipinski definition) is 2. The highest BCUT2D eigenvalue weighted by atomic mass is 32.2. The van der Waals surface area contributed by atoms with Crippen LogP contribution in [0.5, 0.6) is 0 Å². The summed E-state index contributed by atoms with van der Waals surface area (Å²) >= 11 is -1.68. The lowest BCUT2D eigenvalue weighted by atomic mass is 10.1. The Morgan fingerprint density at radius 2 is 1.08 bits per heavy atom. The molecular formula is C26H22F2N2O5S3. The van der Waals surface area contributed by atoms with Crippen molar-refractivity contribution in [2.75, 3.05) is 0 Å². The van der Waals surface area contributed by atoms with Crippen LogP contribution in [0.15, 0.2) is 117 Å². The summed E-state index contributed by atoms with van der Waals surface area (Å²) in [7, 11) is -7.88. The summed E-state index contributed by atoms with van der Waals surface area (Å²) in [5.41, 5.74) is 1.71. The SMILES string of the molecule is NS(=O)(=O)c1ccccc1F.NS(=O)(=O)c1ccccc1[S+]([O-])c1ccc(C=Cc2ccc(F)cc2)cc1. The highest BCUT2D eigenvalue weighted by molar-refractivity contribution is 7.93. The van der Waals surface area contributed by atoms with Gasteiger partial charge in [0.15, 0.2) is 9.79 Å². The van der Waals surface area contributed by atoms with Gasteiger partial charge in [0, 0.05) is 11.2 Å². The van der Waals surface area contributed by atoms with Crippen LogP contribution in [0.1, 0.15) is 11.1 Å². The minimum Gasteiger partial charge on any atom is -0.606 e. The molecule has 1 atom stereocenters. The Morgan fingerprint density at radius 3 is 1.55 bits per heavy atom. The summed E-state index contributed by atoms with van der Waals surface area (Å²) in [5, 5.41) is 9.90. The van der Waals surface area contributed by atoms with Crippen molar-refractivity contribution >= 4 is 43.4 Å². The third kappa shape index (κ3) is 8.05. The minimum absolute atomic E-state index is 0.148.